The number of hydrogen-bond donors (Lipinski definition) is 2. The molecule has 1 atom stereocenters. The Morgan fingerprint density at radius 3 is 2.50 bits per heavy atom. The fourth-order valence-corrected chi connectivity index (χ4v) is 1.64. The van der Waals surface area contributed by atoms with Gasteiger partial charge in [-0.05, 0) is 51.8 Å². The van der Waals surface area contributed by atoms with Crippen molar-refractivity contribution in [2.24, 2.45) is 5.73 Å². The summed E-state index contributed by atoms with van der Waals surface area (Å²) < 4.78 is 32.1. The average Bonchev–Trinajstić information content (AvgIpc) is 2.21. The van der Waals surface area contributed by atoms with Gasteiger partial charge >= 0.3 is 6.09 Å². The van der Waals surface area contributed by atoms with Crippen molar-refractivity contribution in [3.63, 3.8) is 0 Å². The fourth-order valence-electron chi connectivity index (χ4n) is 1.64. The molecule has 0 bridgehead atoms. The first-order chi connectivity index (χ1) is 9.08. The highest BCUT2D eigenvalue weighted by Crippen LogP contribution is 2.21. The molecule has 0 fully saturated rings. The van der Waals surface area contributed by atoms with Gasteiger partial charge in [-0.3, -0.25) is 5.32 Å². The van der Waals surface area contributed by atoms with Crippen molar-refractivity contribution in [3.8, 4) is 0 Å². The van der Waals surface area contributed by atoms with Crippen molar-refractivity contribution in [1.29, 1.82) is 0 Å². The van der Waals surface area contributed by atoms with Crippen LogP contribution in [0.25, 0.3) is 0 Å². The smallest absolute Gasteiger partial charge is 0.412 e. The van der Waals surface area contributed by atoms with Crippen LogP contribution < -0.4 is 11.1 Å². The molecule has 0 aliphatic heterocycles. The van der Waals surface area contributed by atoms with Crippen molar-refractivity contribution in [3.05, 3.63) is 29.3 Å². The van der Waals surface area contributed by atoms with Gasteiger partial charge in [0.05, 0.1) is 5.69 Å². The molecular weight excluding hydrogens is 266 g/mol. The van der Waals surface area contributed by atoms with E-state index in [1.54, 1.807) is 27.7 Å². The third-order valence-electron chi connectivity index (χ3n) is 2.28. The van der Waals surface area contributed by atoms with Crippen LogP contribution in [0.3, 0.4) is 0 Å². The lowest BCUT2D eigenvalue weighted by Crippen LogP contribution is -2.27. The molecule has 0 saturated heterocycles. The second kappa shape index (κ2) is 6.17. The molecule has 6 heteroatoms. The Hall–Kier alpha value is -1.69. The Morgan fingerprint density at radius 2 is 2.00 bits per heavy atom. The topological polar surface area (TPSA) is 64.3 Å². The van der Waals surface area contributed by atoms with Crippen molar-refractivity contribution in [1.82, 2.24) is 0 Å². The molecule has 0 aromatic heterocycles. The Kier molecular flexibility index (Phi) is 5.05. The predicted molar refractivity (Wildman–Crippen MR) is 73.6 cm³/mol. The van der Waals surface area contributed by atoms with Crippen LogP contribution in [0.15, 0.2) is 12.1 Å². The van der Waals surface area contributed by atoms with E-state index >= 15 is 0 Å². The standard InChI is InChI=1S/C14H20F2N2O2/c1-8(17)5-9-6-10(15)12(16)11(7-9)18-13(19)20-14(2,3)4/h6-8H,5,17H2,1-4H3,(H,18,19). The van der Waals surface area contributed by atoms with Crippen LogP contribution in [-0.4, -0.2) is 17.7 Å². The number of anilines is 1. The number of nitrogens with two attached hydrogens (primary N) is 1. The number of halogens is 2. The Morgan fingerprint density at radius 1 is 1.40 bits per heavy atom. The molecule has 0 saturated carbocycles. The van der Waals surface area contributed by atoms with Crippen molar-refractivity contribution >= 4 is 11.8 Å². The fraction of sp³-hybridized carbons (Fsp3) is 0.500. The summed E-state index contributed by atoms with van der Waals surface area (Å²) in [5.74, 6) is -2.15. The largest absolute Gasteiger partial charge is 0.444 e. The minimum atomic E-state index is -1.12. The van der Waals surface area contributed by atoms with Gasteiger partial charge in [0, 0.05) is 6.04 Å². The summed E-state index contributed by atoms with van der Waals surface area (Å²) in [6.45, 7) is 6.78. The summed E-state index contributed by atoms with van der Waals surface area (Å²) >= 11 is 0. The highest BCUT2D eigenvalue weighted by molar-refractivity contribution is 5.85. The van der Waals surface area contributed by atoms with E-state index in [9.17, 15) is 13.6 Å². The van der Waals surface area contributed by atoms with E-state index in [0.717, 1.165) is 6.07 Å². The second-order valence-electron chi connectivity index (χ2n) is 5.75. The molecule has 1 aromatic carbocycles. The van der Waals surface area contributed by atoms with E-state index in [4.69, 9.17) is 10.5 Å². The van der Waals surface area contributed by atoms with Crippen LogP contribution in [0.4, 0.5) is 19.3 Å². The van der Waals surface area contributed by atoms with E-state index in [2.05, 4.69) is 5.32 Å². The molecule has 1 amide bonds. The quantitative estimate of drug-likeness (QED) is 0.896. The molecular formula is C14H20F2N2O2. The first-order valence-corrected chi connectivity index (χ1v) is 6.32. The number of amides is 1. The van der Waals surface area contributed by atoms with E-state index in [1.807, 2.05) is 0 Å². The predicted octanol–water partition coefficient (Wildman–Crippen LogP) is 3.20. The number of ether oxygens (including phenoxy) is 1. The molecule has 0 radical (unpaired) electrons. The molecule has 0 spiro atoms. The minimum absolute atomic E-state index is 0.200. The summed E-state index contributed by atoms with van der Waals surface area (Å²) in [6.07, 6.45) is -0.464. The maximum absolute atomic E-state index is 13.6. The van der Waals surface area contributed by atoms with Crippen LogP contribution in [0.1, 0.15) is 33.3 Å². The van der Waals surface area contributed by atoms with E-state index in [0.29, 0.717) is 12.0 Å². The second-order valence-corrected chi connectivity index (χ2v) is 5.75. The number of carbonyl (C=O) groups is 1. The Bertz CT molecular complexity index is 497. The Labute approximate surface area is 117 Å². The summed E-state index contributed by atoms with van der Waals surface area (Å²) in [4.78, 5) is 11.6. The lowest BCUT2D eigenvalue weighted by atomic mass is 10.1. The first kappa shape index (κ1) is 16.4. The molecule has 1 aromatic rings. The van der Waals surface area contributed by atoms with Gasteiger partial charge in [0.15, 0.2) is 11.6 Å². The molecule has 4 nitrogen and oxygen atoms in total. The SMILES string of the molecule is CC(N)Cc1cc(F)c(F)c(NC(=O)OC(C)(C)C)c1. The van der Waals surface area contributed by atoms with Gasteiger partial charge in [-0.25, -0.2) is 13.6 Å². The van der Waals surface area contributed by atoms with Gasteiger partial charge in [0.1, 0.15) is 5.60 Å². The molecule has 0 aliphatic carbocycles. The van der Waals surface area contributed by atoms with Gasteiger partial charge in [-0.15, -0.1) is 0 Å². The van der Waals surface area contributed by atoms with Gasteiger partial charge in [-0.2, -0.15) is 0 Å². The van der Waals surface area contributed by atoms with Crippen LogP contribution >= 0.6 is 0 Å². The summed E-state index contributed by atoms with van der Waals surface area (Å²) in [6, 6.07) is 2.22. The summed E-state index contributed by atoms with van der Waals surface area (Å²) in [5, 5.41) is 2.20. The zero-order valence-electron chi connectivity index (χ0n) is 12.1. The monoisotopic (exact) mass is 286 g/mol. The molecule has 3 N–H and O–H groups in total. The molecule has 0 heterocycles. The van der Waals surface area contributed by atoms with E-state index < -0.39 is 23.3 Å². The summed E-state index contributed by atoms with van der Waals surface area (Å²) in [7, 11) is 0. The highest BCUT2D eigenvalue weighted by atomic mass is 19.2. The van der Waals surface area contributed by atoms with Crippen LogP contribution in [0.5, 0.6) is 0 Å². The lowest BCUT2D eigenvalue weighted by Gasteiger charge is -2.20. The van der Waals surface area contributed by atoms with Crippen LogP contribution in [0.2, 0.25) is 0 Å². The van der Waals surface area contributed by atoms with Gasteiger partial charge in [-0.1, -0.05) is 0 Å². The lowest BCUT2D eigenvalue weighted by molar-refractivity contribution is 0.0635. The minimum Gasteiger partial charge on any atom is -0.444 e. The number of carbonyl (C=O) groups excluding carboxylic acids is 1. The summed E-state index contributed by atoms with van der Waals surface area (Å²) in [5.41, 5.74) is 5.15. The van der Waals surface area contributed by atoms with Crippen molar-refractivity contribution in [2.45, 2.75) is 45.8 Å². The van der Waals surface area contributed by atoms with Gasteiger partial charge < -0.3 is 10.5 Å². The normalized spacial score (nSPS) is 12.9. The molecule has 1 unspecified atom stereocenters. The third-order valence-corrected chi connectivity index (χ3v) is 2.28. The van der Waals surface area contributed by atoms with E-state index in [1.165, 1.54) is 6.07 Å². The number of rotatable bonds is 3. The average molecular weight is 286 g/mol. The highest BCUT2D eigenvalue weighted by Gasteiger charge is 2.19. The Balaban J connectivity index is 2.93. The maximum atomic E-state index is 13.6. The maximum Gasteiger partial charge on any atom is 0.412 e. The number of nitrogens with one attached hydrogen (secondary N) is 1. The van der Waals surface area contributed by atoms with Gasteiger partial charge in [0.25, 0.3) is 0 Å². The van der Waals surface area contributed by atoms with Crippen LogP contribution in [0, 0.1) is 11.6 Å². The first-order valence-electron chi connectivity index (χ1n) is 6.32. The van der Waals surface area contributed by atoms with Crippen molar-refractivity contribution < 1.29 is 18.3 Å². The number of benzene rings is 1. The zero-order valence-corrected chi connectivity index (χ0v) is 12.1. The molecule has 112 valence electrons. The zero-order chi connectivity index (χ0) is 15.5. The molecule has 20 heavy (non-hydrogen) atoms. The number of hydrogen-bond acceptors (Lipinski definition) is 3. The van der Waals surface area contributed by atoms with E-state index in [-0.39, 0.29) is 11.7 Å². The van der Waals surface area contributed by atoms with Gasteiger partial charge in [0.2, 0.25) is 0 Å². The molecule has 1 rings (SSSR count). The third kappa shape index (κ3) is 5.13. The van der Waals surface area contributed by atoms with Crippen molar-refractivity contribution in [2.75, 3.05) is 5.32 Å². The van der Waals surface area contributed by atoms with Crippen LogP contribution in [-0.2, 0) is 11.2 Å². The molecule has 0 aliphatic rings.